The zero-order chi connectivity index (χ0) is 21.1. The molecule has 5 nitrogen and oxygen atoms in total. The number of nitrogens with zero attached hydrogens (tertiary/aromatic N) is 2. The van der Waals surface area contributed by atoms with Crippen LogP contribution in [0.3, 0.4) is 0 Å². The van der Waals surface area contributed by atoms with Crippen molar-refractivity contribution >= 4 is 5.91 Å². The van der Waals surface area contributed by atoms with Crippen molar-refractivity contribution in [1.82, 2.24) is 9.80 Å². The van der Waals surface area contributed by atoms with Crippen LogP contribution in [0.2, 0.25) is 0 Å². The van der Waals surface area contributed by atoms with Crippen molar-refractivity contribution in [3.63, 3.8) is 0 Å². The molecule has 2 aliphatic rings. The topological polar surface area (TPSA) is 42.0 Å². The van der Waals surface area contributed by atoms with Crippen molar-refractivity contribution in [3.05, 3.63) is 59.2 Å². The monoisotopic (exact) mass is 408 g/mol. The van der Waals surface area contributed by atoms with Crippen molar-refractivity contribution < 1.29 is 14.3 Å². The molecule has 2 aromatic carbocycles. The minimum absolute atomic E-state index is 0.193. The Hall–Kier alpha value is -2.53. The molecule has 2 aromatic rings. The molecule has 2 aliphatic heterocycles. The number of fused-ring (bicyclic) bond motifs is 1. The smallest absolute Gasteiger partial charge is 0.236 e. The van der Waals surface area contributed by atoms with E-state index in [-0.39, 0.29) is 11.9 Å². The van der Waals surface area contributed by atoms with Crippen LogP contribution in [0.4, 0.5) is 0 Å². The summed E-state index contributed by atoms with van der Waals surface area (Å²) in [5.74, 6) is 2.49. The number of carbonyl (C=O) groups excluding carboxylic acids is 1. The first kappa shape index (κ1) is 20.7. The first-order valence-corrected chi connectivity index (χ1v) is 11.0. The van der Waals surface area contributed by atoms with Gasteiger partial charge in [-0.15, -0.1) is 0 Å². The lowest BCUT2D eigenvalue weighted by molar-refractivity contribution is -0.131. The van der Waals surface area contributed by atoms with Gasteiger partial charge in [-0.3, -0.25) is 9.69 Å². The number of ether oxygens (including phenoxy) is 2. The van der Waals surface area contributed by atoms with Crippen molar-refractivity contribution in [2.45, 2.75) is 38.1 Å². The van der Waals surface area contributed by atoms with Crippen LogP contribution < -0.4 is 9.47 Å². The number of rotatable bonds is 7. The Morgan fingerprint density at radius 2 is 1.97 bits per heavy atom. The van der Waals surface area contributed by atoms with Gasteiger partial charge in [-0.05, 0) is 53.6 Å². The van der Waals surface area contributed by atoms with E-state index in [1.165, 1.54) is 16.7 Å². The van der Waals surface area contributed by atoms with Gasteiger partial charge in [0.1, 0.15) is 11.5 Å². The minimum atomic E-state index is 0.193. The molecule has 1 saturated heterocycles. The lowest BCUT2D eigenvalue weighted by atomic mass is 9.92. The minimum Gasteiger partial charge on any atom is -0.497 e. The highest BCUT2D eigenvalue weighted by molar-refractivity contribution is 5.78. The Morgan fingerprint density at radius 1 is 1.20 bits per heavy atom. The molecule has 4 rings (SSSR count). The van der Waals surface area contributed by atoms with Gasteiger partial charge in [0.15, 0.2) is 0 Å². The van der Waals surface area contributed by atoms with Crippen LogP contribution >= 0.6 is 0 Å². The molecule has 2 heterocycles. The summed E-state index contributed by atoms with van der Waals surface area (Å²) in [6, 6.07) is 15.1. The van der Waals surface area contributed by atoms with Crippen molar-refractivity contribution in [2.24, 2.45) is 0 Å². The number of hydrogen-bond donors (Lipinski definition) is 0. The predicted molar refractivity (Wildman–Crippen MR) is 118 cm³/mol. The summed E-state index contributed by atoms with van der Waals surface area (Å²) in [6.07, 6.45) is 2.97. The number of likely N-dealkylation sites (tertiary alicyclic amines) is 1. The van der Waals surface area contributed by atoms with Gasteiger partial charge in [-0.2, -0.15) is 0 Å². The van der Waals surface area contributed by atoms with Crippen molar-refractivity contribution in [3.8, 4) is 11.5 Å². The van der Waals surface area contributed by atoms with Gasteiger partial charge in [-0.1, -0.05) is 31.2 Å². The number of methoxy groups -OCH3 is 1. The molecule has 0 aromatic heterocycles. The van der Waals surface area contributed by atoms with Gasteiger partial charge >= 0.3 is 0 Å². The summed E-state index contributed by atoms with van der Waals surface area (Å²) in [6.45, 7) is 5.03. The van der Waals surface area contributed by atoms with Crippen LogP contribution in [0.1, 0.15) is 48.4 Å². The lowest BCUT2D eigenvalue weighted by Crippen LogP contribution is -2.38. The van der Waals surface area contributed by atoms with Crippen molar-refractivity contribution in [2.75, 3.05) is 40.4 Å². The summed E-state index contributed by atoms with van der Waals surface area (Å²) in [5, 5.41) is 0. The van der Waals surface area contributed by atoms with E-state index in [4.69, 9.17) is 9.47 Å². The number of hydrogen-bond acceptors (Lipinski definition) is 4. The summed E-state index contributed by atoms with van der Waals surface area (Å²) < 4.78 is 11.0. The van der Waals surface area contributed by atoms with Gasteiger partial charge < -0.3 is 14.4 Å². The maximum Gasteiger partial charge on any atom is 0.236 e. The second-order valence-electron chi connectivity index (χ2n) is 8.43. The van der Waals surface area contributed by atoms with Gasteiger partial charge in [0.2, 0.25) is 5.91 Å². The predicted octanol–water partition coefficient (Wildman–Crippen LogP) is 4.03. The van der Waals surface area contributed by atoms with Crippen LogP contribution in [0, 0.1) is 0 Å². The molecule has 1 fully saturated rings. The van der Waals surface area contributed by atoms with Crippen LogP contribution in [0.5, 0.6) is 11.5 Å². The average Bonchev–Trinajstić information content (AvgIpc) is 3.40. The molecule has 0 spiro atoms. The SMILES string of the molecule is CCCN(C)C(=O)CN1CC(c2ccc3c(c2)CCO3)CC1c1ccc(OC)cc1. The van der Waals surface area contributed by atoms with E-state index in [1.54, 1.807) is 7.11 Å². The van der Waals surface area contributed by atoms with Gasteiger partial charge in [0.25, 0.3) is 0 Å². The Balaban J connectivity index is 1.56. The Morgan fingerprint density at radius 3 is 2.70 bits per heavy atom. The van der Waals surface area contributed by atoms with E-state index in [2.05, 4.69) is 42.2 Å². The summed E-state index contributed by atoms with van der Waals surface area (Å²) in [4.78, 5) is 17.0. The fourth-order valence-corrected chi connectivity index (χ4v) is 4.71. The average molecular weight is 409 g/mol. The summed E-state index contributed by atoms with van der Waals surface area (Å²) in [5.41, 5.74) is 3.91. The highest BCUT2D eigenvalue weighted by Gasteiger charge is 2.35. The first-order chi connectivity index (χ1) is 14.6. The van der Waals surface area contributed by atoms with Gasteiger partial charge in [0, 0.05) is 32.6 Å². The molecule has 0 saturated carbocycles. The third-order valence-electron chi connectivity index (χ3n) is 6.41. The lowest BCUT2D eigenvalue weighted by Gasteiger charge is -2.26. The number of likely N-dealkylation sites (N-methyl/N-ethyl adjacent to an activating group) is 1. The molecule has 2 atom stereocenters. The van der Waals surface area contributed by atoms with Gasteiger partial charge in [0.05, 0.1) is 20.3 Å². The van der Waals surface area contributed by atoms with E-state index in [0.29, 0.717) is 12.5 Å². The maximum atomic E-state index is 12.8. The highest BCUT2D eigenvalue weighted by atomic mass is 16.5. The number of benzene rings is 2. The number of amides is 1. The Labute approximate surface area is 179 Å². The standard InChI is InChI=1S/C25H32N2O3/c1-4-12-26(2)25(28)17-27-16-21(19-7-10-24-20(14-19)11-13-30-24)15-23(27)18-5-8-22(29-3)9-6-18/h5-10,14,21,23H,4,11-13,15-17H2,1-3H3. The number of carbonyl (C=O) groups is 1. The zero-order valence-corrected chi connectivity index (χ0v) is 18.3. The fourth-order valence-electron chi connectivity index (χ4n) is 4.71. The summed E-state index contributed by atoms with van der Waals surface area (Å²) >= 11 is 0. The first-order valence-electron chi connectivity index (χ1n) is 11.0. The van der Waals surface area contributed by atoms with E-state index >= 15 is 0 Å². The van der Waals surface area contributed by atoms with Gasteiger partial charge in [-0.25, -0.2) is 0 Å². The Bertz CT molecular complexity index is 880. The quantitative estimate of drug-likeness (QED) is 0.694. The largest absolute Gasteiger partial charge is 0.497 e. The second-order valence-corrected chi connectivity index (χ2v) is 8.43. The third kappa shape index (κ3) is 4.31. The molecular formula is C25H32N2O3. The van der Waals surface area contributed by atoms with E-state index in [1.807, 2.05) is 24.1 Å². The summed E-state index contributed by atoms with van der Waals surface area (Å²) in [7, 11) is 3.59. The fraction of sp³-hybridized carbons (Fsp3) is 0.480. The second kappa shape index (κ2) is 9.09. The molecule has 5 heteroatoms. The van der Waals surface area contributed by atoms with Crippen LogP contribution in [0.15, 0.2) is 42.5 Å². The van der Waals surface area contributed by atoms with Crippen LogP contribution in [0.25, 0.3) is 0 Å². The van der Waals surface area contributed by atoms with Crippen molar-refractivity contribution in [1.29, 1.82) is 0 Å². The molecular weight excluding hydrogens is 376 g/mol. The molecule has 1 amide bonds. The third-order valence-corrected chi connectivity index (χ3v) is 6.41. The van der Waals surface area contributed by atoms with E-state index in [0.717, 1.165) is 50.5 Å². The molecule has 30 heavy (non-hydrogen) atoms. The van der Waals surface area contributed by atoms with E-state index < -0.39 is 0 Å². The van der Waals surface area contributed by atoms with Crippen LogP contribution in [-0.4, -0.2) is 56.1 Å². The van der Waals surface area contributed by atoms with Crippen LogP contribution in [-0.2, 0) is 11.2 Å². The molecule has 2 unspecified atom stereocenters. The molecule has 0 bridgehead atoms. The Kier molecular flexibility index (Phi) is 6.28. The normalized spacial score (nSPS) is 20.6. The highest BCUT2D eigenvalue weighted by Crippen LogP contribution is 2.42. The maximum absolute atomic E-state index is 12.8. The zero-order valence-electron chi connectivity index (χ0n) is 18.3. The van der Waals surface area contributed by atoms with E-state index in [9.17, 15) is 4.79 Å². The molecule has 0 N–H and O–H groups in total. The molecule has 160 valence electrons. The molecule has 0 radical (unpaired) electrons. The molecule has 0 aliphatic carbocycles.